The minimum absolute atomic E-state index is 0.105. The van der Waals surface area contributed by atoms with Gasteiger partial charge in [-0.15, -0.1) is 0 Å². The Balaban J connectivity index is 1.76. The summed E-state index contributed by atoms with van der Waals surface area (Å²) in [6, 6.07) is 12.6. The number of carbonyl (C=O) groups is 2. The minimum atomic E-state index is -0.583. The van der Waals surface area contributed by atoms with Crippen LogP contribution >= 0.6 is 39.1 Å². The number of carbonyl (C=O) groups excluding carboxylic acids is 2. The highest BCUT2D eigenvalue weighted by Crippen LogP contribution is 2.24. The standard InChI is InChI=1S/C24H27BrCl2N2O2/c1-16(24(31)28-20-5-3-2-4-6-20)29(15-17-7-10-19(25)11-8-17)23(30)14-18-9-12-21(26)22(27)13-18/h7-13,16,20H,2-6,14-15H2,1H3,(H,28,31)/t16-/m0/s1. The summed E-state index contributed by atoms with van der Waals surface area (Å²) in [6.07, 6.45) is 5.65. The van der Waals surface area contributed by atoms with E-state index >= 15 is 0 Å². The van der Waals surface area contributed by atoms with E-state index in [4.69, 9.17) is 23.2 Å². The number of hydrogen-bond acceptors (Lipinski definition) is 2. The molecule has 0 heterocycles. The van der Waals surface area contributed by atoms with Crippen molar-refractivity contribution in [1.29, 1.82) is 0 Å². The molecule has 2 aromatic carbocycles. The quantitative estimate of drug-likeness (QED) is 0.470. The first kappa shape index (κ1) is 24.1. The van der Waals surface area contributed by atoms with Crippen molar-refractivity contribution in [3.05, 3.63) is 68.1 Å². The van der Waals surface area contributed by atoms with Crippen LogP contribution in [0.3, 0.4) is 0 Å². The molecule has 0 aromatic heterocycles. The molecule has 0 saturated heterocycles. The molecular formula is C24H27BrCl2N2O2. The van der Waals surface area contributed by atoms with Crippen LogP contribution in [0.15, 0.2) is 46.9 Å². The molecule has 0 unspecified atom stereocenters. The lowest BCUT2D eigenvalue weighted by atomic mass is 9.95. The van der Waals surface area contributed by atoms with E-state index in [0.717, 1.165) is 41.3 Å². The zero-order valence-corrected chi connectivity index (χ0v) is 20.6. The first-order valence-electron chi connectivity index (χ1n) is 10.6. The molecule has 0 aliphatic heterocycles. The van der Waals surface area contributed by atoms with E-state index in [9.17, 15) is 9.59 Å². The molecule has 1 aliphatic carbocycles. The normalized spacial score (nSPS) is 15.4. The van der Waals surface area contributed by atoms with Gasteiger partial charge in [0.25, 0.3) is 0 Å². The summed E-state index contributed by atoms with van der Waals surface area (Å²) in [7, 11) is 0. The second kappa shape index (κ2) is 11.3. The molecule has 0 bridgehead atoms. The third-order valence-electron chi connectivity index (χ3n) is 5.72. The maximum absolute atomic E-state index is 13.3. The third kappa shape index (κ3) is 6.96. The molecule has 2 aromatic rings. The first-order valence-corrected chi connectivity index (χ1v) is 12.2. The second-order valence-corrected chi connectivity index (χ2v) is 9.82. The van der Waals surface area contributed by atoms with Gasteiger partial charge in [0.05, 0.1) is 16.5 Å². The average molecular weight is 526 g/mol. The van der Waals surface area contributed by atoms with Crippen LogP contribution in [-0.2, 0) is 22.6 Å². The van der Waals surface area contributed by atoms with Crippen LogP contribution in [0.1, 0.15) is 50.2 Å². The topological polar surface area (TPSA) is 49.4 Å². The number of nitrogens with one attached hydrogen (secondary N) is 1. The fourth-order valence-corrected chi connectivity index (χ4v) is 4.45. The third-order valence-corrected chi connectivity index (χ3v) is 6.99. The number of nitrogens with zero attached hydrogens (tertiary/aromatic N) is 1. The number of halogens is 3. The van der Waals surface area contributed by atoms with Gasteiger partial charge in [-0.3, -0.25) is 9.59 Å². The monoisotopic (exact) mass is 524 g/mol. The summed E-state index contributed by atoms with van der Waals surface area (Å²) in [5.41, 5.74) is 1.73. The lowest BCUT2D eigenvalue weighted by Crippen LogP contribution is -2.50. The summed E-state index contributed by atoms with van der Waals surface area (Å²) in [6.45, 7) is 2.15. The smallest absolute Gasteiger partial charge is 0.242 e. The fraction of sp³-hybridized carbons (Fsp3) is 0.417. The highest BCUT2D eigenvalue weighted by atomic mass is 79.9. The molecule has 1 atom stereocenters. The molecule has 31 heavy (non-hydrogen) atoms. The molecular weight excluding hydrogens is 499 g/mol. The van der Waals surface area contributed by atoms with Gasteiger partial charge in [0.2, 0.25) is 11.8 Å². The molecule has 1 fully saturated rings. The van der Waals surface area contributed by atoms with Crippen LogP contribution in [-0.4, -0.2) is 28.8 Å². The molecule has 1 aliphatic rings. The van der Waals surface area contributed by atoms with Gasteiger partial charge in [0.15, 0.2) is 0 Å². The Kier molecular flexibility index (Phi) is 8.82. The molecule has 3 rings (SSSR count). The van der Waals surface area contributed by atoms with Crippen LogP contribution in [0.2, 0.25) is 10.0 Å². The Morgan fingerprint density at radius 2 is 1.68 bits per heavy atom. The van der Waals surface area contributed by atoms with Crippen LogP contribution in [0.5, 0.6) is 0 Å². The van der Waals surface area contributed by atoms with E-state index in [1.165, 1.54) is 6.42 Å². The highest BCUT2D eigenvalue weighted by molar-refractivity contribution is 9.10. The predicted molar refractivity (Wildman–Crippen MR) is 129 cm³/mol. The number of amides is 2. The van der Waals surface area contributed by atoms with E-state index in [2.05, 4.69) is 21.2 Å². The SMILES string of the molecule is C[C@@H](C(=O)NC1CCCCC1)N(Cc1ccc(Br)cc1)C(=O)Cc1ccc(Cl)c(Cl)c1. The van der Waals surface area contributed by atoms with E-state index in [0.29, 0.717) is 16.6 Å². The van der Waals surface area contributed by atoms with E-state index in [-0.39, 0.29) is 24.3 Å². The largest absolute Gasteiger partial charge is 0.352 e. The van der Waals surface area contributed by atoms with Gasteiger partial charge in [0, 0.05) is 17.1 Å². The predicted octanol–water partition coefficient (Wildman–Crippen LogP) is 6.16. The summed E-state index contributed by atoms with van der Waals surface area (Å²) in [4.78, 5) is 27.9. The number of hydrogen-bond donors (Lipinski definition) is 1. The van der Waals surface area contributed by atoms with Gasteiger partial charge in [-0.05, 0) is 55.2 Å². The summed E-state index contributed by atoms with van der Waals surface area (Å²) < 4.78 is 0.966. The van der Waals surface area contributed by atoms with E-state index in [1.54, 1.807) is 30.0 Å². The van der Waals surface area contributed by atoms with Crippen molar-refractivity contribution >= 4 is 50.9 Å². The van der Waals surface area contributed by atoms with Crippen LogP contribution in [0, 0.1) is 0 Å². The van der Waals surface area contributed by atoms with Crippen molar-refractivity contribution in [3.63, 3.8) is 0 Å². The van der Waals surface area contributed by atoms with Crippen molar-refractivity contribution < 1.29 is 9.59 Å². The maximum Gasteiger partial charge on any atom is 0.242 e. The van der Waals surface area contributed by atoms with Gasteiger partial charge < -0.3 is 10.2 Å². The lowest BCUT2D eigenvalue weighted by molar-refractivity contribution is -0.140. The van der Waals surface area contributed by atoms with Gasteiger partial charge >= 0.3 is 0 Å². The van der Waals surface area contributed by atoms with Crippen molar-refractivity contribution in [3.8, 4) is 0 Å². The van der Waals surface area contributed by atoms with Gasteiger partial charge in [-0.25, -0.2) is 0 Å². The maximum atomic E-state index is 13.3. The molecule has 4 nitrogen and oxygen atoms in total. The Morgan fingerprint density at radius 3 is 2.32 bits per heavy atom. The van der Waals surface area contributed by atoms with Crippen LogP contribution < -0.4 is 5.32 Å². The Morgan fingerprint density at radius 1 is 1.03 bits per heavy atom. The summed E-state index contributed by atoms with van der Waals surface area (Å²) >= 11 is 15.6. The molecule has 1 N–H and O–H groups in total. The molecule has 166 valence electrons. The van der Waals surface area contributed by atoms with Gasteiger partial charge in [-0.2, -0.15) is 0 Å². The zero-order valence-electron chi connectivity index (χ0n) is 17.5. The van der Waals surface area contributed by atoms with Crippen molar-refractivity contribution in [2.75, 3.05) is 0 Å². The van der Waals surface area contributed by atoms with Crippen LogP contribution in [0.25, 0.3) is 0 Å². The van der Waals surface area contributed by atoms with Crippen molar-refractivity contribution in [2.24, 2.45) is 0 Å². The fourth-order valence-electron chi connectivity index (χ4n) is 3.86. The molecule has 0 radical (unpaired) electrons. The molecule has 1 saturated carbocycles. The Labute approximate surface area is 202 Å². The Hall–Kier alpha value is -1.56. The van der Waals surface area contributed by atoms with E-state index < -0.39 is 6.04 Å². The molecule has 0 spiro atoms. The second-order valence-electron chi connectivity index (χ2n) is 8.09. The molecule has 2 amide bonds. The summed E-state index contributed by atoms with van der Waals surface area (Å²) in [5.74, 6) is -0.237. The number of benzene rings is 2. The van der Waals surface area contributed by atoms with Crippen molar-refractivity contribution in [2.45, 2.75) is 64.1 Å². The first-order chi connectivity index (χ1) is 14.8. The highest BCUT2D eigenvalue weighted by Gasteiger charge is 2.28. The Bertz CT molecular complexity index is 914. The summed E-state index contributed by atoms with van der Waals surface area (Å²) in [5, 5.41) is 4.01. The van der Waals surface area contributed by atoms with Crippen LogP contribution in [0.4, 0.5) is 0 Å². The minimum Gasteiger partial charge on any atom is -0.352 e. The average Bonchev–Trinajstić information content (AvgIpc) is 2.76. The van der Waals surface area contributed by atoms with E-state index in [1.807, 2.05) is 24.3 Å². The van der Waals surface area contributed by atoms with Gasteiger partial charge in [-0.1, -0.05) is 76.6 Å². The lowest BCUT2D eigenvalue weighted by Gasteiger charge is -2.31. The zero-order chi connectivity index (χ0) is 22.4. The van der Waals surface area contributed by atoms with Crippen molar-refractivity contribution in [1.82, 2.24) is 10.2 Å². The van der Waals surface area contributed by atoms with Gasteiger partial charge in [0.1, 0.15) is 6.04 Å². The number of rotatable bonds is 7. The molecule has 7 heteroatoms.